The molecular weight excluding hydrogens is 306 g/mol. The Bertz CT molecular complexity index is 724. The number of aryl methyl sites for hydroxylation is 2. The Balaban J connectivity index is 1.58. The molecule has 1 aromatic heterocycles. The Hall–Kier alpha value is -2.63. The van der Waals surface area contributed by atoms with E-state index in [4.69, 9.17) is 4.42 Å². The zero-order chi connectivity index (χ0) is 16.9. The van der Waals surface area contributed by atoms with Crippen LogP contribution in [0.25, 0.3) is 0 Å². The molecule has 0 spiro atoms. The van der Waals surface area contributed by atoms with Crippen LogP contribution in [0.2, 0.25) is 0 Å². The summed E-state index contributed by atoms with van der Waals surface area (Å²) >= 11 is 0. The monoisotopic (exact) mass is 327 g/mol. The number of hydrogen-bond acceptors (Lipinski definition) is 4. The minimum atomic E-state index is -0.203. The molecule has 126 valence electrons. The Morgan fingerprint density at radius 3 is 2.79 bits per heavy atom. The van der Waals surface area contributed by atoms with Crippen molar-refractivity contribution < 1.29 is 14.0 Å². The summed E-state index contributed by atoms with van der Waals surface area (Å²) in [6.07, 6.45) is 2.29. The standard InChI is InChI=1S/C18H21N3O3/c1-13(22)19-11-18(23)21-10-9-16-15(12-21)20-17(24-16)8-7-14-5-3-2-4-6-14/h2-6H,7-12H2,1H3,(H,19,22). The first-order chi connectivity index (χ1) is 11.6. The number of benzene rings is 1. The molecule has 2 amide bonds. The van der Waals surface area contributed by atoms with Crippen molar-refractivity contribution in [3.63, 3.8) is 0 Å². The highest BCUT2D eigenvalue weighted by atomic mass is 16.4. The van der Waals surface area contributed by atoms with Gasteiger partial charge in [0.05, 0.1) is 13.1 Å². The van der Waals surface area contributed by atoms with Gasteiger partial charge in [-0.1, -0.05) is 30.3 Å². The number of nitrogens with one attached hydrogen (secondary N) is 1. The normalized spacial score (nSPS) is 13.5. The van der Waals surface area contributed by atoms with E-state index in [1.54, 1.807) is 4.90 Å². The van der Waals surface area contributed by atoms with Crippen LogP contribution in [0.3, 0.4) is 0 Å². The maximum atomic E-state index is 12.1. The van der Waals surface area contributed by atoms with E-state index in [0.29, 0.717) is 19.5 Å². The fraction of sp³-hybridized carbons (Fsp3) is 0.389. The number of carbonyl (C=O) groups excluding carboxylic acids is 2. The molecule has 0 atom stereocenters. The van der Waals surface area contributed by atoms with Gasteiger partial charge < -0.3 is 14.6 Å². The van der Waals surface area contributed by atoms with Gasteiger partial charge in [0, 0.05) is 26.3 Å². The van der Waals surface area contributed by atoms with Crippen molar-refractivity contribution in [3.8, 4) is 0 Å². The molecule has 6 heteroatoms. The molecule has 1 aliphatic rings. The van der Waals surface area contributed by atoms with Crippen molar-refractivity contribution in [2.75, 3.05) is 13.1 Å². The number of aromatic nitrogens is 1. The highest BCUT2D eigenvalue weighted by molar-refractivity contribution is 5.83. The second-order valence-corrected chi connectivity index (χ2v) is 5.94. The van der Waals surface area contributed by atoms with E-state index < -0.39 is 0 Å². The summed E-state index contributed by atoms with van der Waals surface area (Å²) in [4.78, 5) is 29.3. The molecule has 2 aromatic rings. The highest BCUT2D eigenvalue weighted by Crippen LogP contribution is 2.20. The first-order valence-corrected chi connectivity index (χ1v) is 8.15. The third kappa shape index (κ3) is 4.01. The van der Waals surface area contributed by atoms with Gasteiger partial charge in [0.15, 0.2) is 5.89 Å². The van der Waals surface area contributed by atoms with Gasteiger partial charge in [-0.05, 0) is 12.0 Å². The molecule has 0 saturated carbocycles. The van der Waals surface area contributed by atoms with Gasteiger partial charge in [-0.15, -0.1) is 0 Å². The summed E-state index contributed by atoms with van der Waals surface area (Å²) in [6, 6.07) is 10.2. The Kier molecular flexibility index (Phi) is 4.93. The average molecular weight is 327 g/mol. The second-order valence-electron chi connectivity index (χ2n) is 5.94. The van der Waals surface area contributed by atoms with E-state index >= 15 is 0 Å². The minimum Gasteiger partial charge on any atom is -0.445 e. The summed E-state index contributed by atoms with van der Waals surface area (Å²) in [7, 11) is 0. The Morgan fingerprint density at radius 1 is 1.25 bits per heavy atom. The fourth-order valence-electron chi connectivity index (χ4n) is 2.78. The number of oxazole rings is 1. The first kappa shape index (κ1) is 16.2. The molecule has 0 bridgehead atoms. The van der Waals surface area contributed by atoms with Crippen molar-refractivity contribution in [2.45, 2.75) is 32.7 Å². The zero-order valence-corrected chi connectivity index (χ0v) is 13.7. The van der Waals surface area contributed by atoms with Crippen molar-refractivity contribution >= 4 is 11.8 Å². The SMILES string of the molecule is CC(=O)NCC(=O)N1CCc2oc(CCc3ccccc3)nc2C1. The van der Waals surface area contributed by atoms with Crippen LogP contribution in [0.4, 0.5) is 0 Å². The molecule has 1 aromatic carbocycles. The third-order valence-corrected chi connectivity index (χ3v) is 4.08. The first-order valence-electron chi connectivity index (χ1n) is 8.15. The van der Waals surface area contributed by atoms with Gasteiger partial charge >= 0.3 is 0 Å². The van der Waals surface area contributed by atoms with Gasteiger partial charge in [0.1, 0.15) is 11.5 Å². The van der Waals surface area contributed by atoms with Crippen LogP contribution >= 0.6 is 0 Å². The van der Waals surface area contributed by atoms with E-state index in [1.807, 2.05) is 18.2 Å². The number of amides is 2. The summed E-state index contributed by atoms with van der Waals surface area (Å²) in [5.74, 6) is 1.30. The largest absolute Gasteiger partial charge is 0.445 e. The average Bonchev–Trinajstić information content (AvgIpc) is 3.00. The van der Waals surface area contributed by atoms with Gasteiger partial charge in [-0.25, -0.2) is 4.98 Å². The van der Waals surface area contributed by atoms with E-state index in [2.05, 4.69) is 22.4 Å². The third-order valence-electron chi connectivity index (χ3n) is 4.08. The van der Waals surface area contributed by atoms with E-state index in [-0.39, 0.29) is 18.4 Å². The lowest BCUT2D eigenvalue weighted by molar-refractivity contribution is -0.133. The van der Waals surface area contributed by atoms with Gasteiger partial charge in [0.2, 0.25) is 11.8 Å². The van der Waals surface area contributed by atoms with Crippen LogP contribution < -0.4 is 5.32 Å². The molecule has 0 unspecified atom stereocenters. The Labute approximate surface area is 140 Å². The molecule has 6 nitrogen and oxygen atoms in total. The van der Waals surface area contributed by atoms with Crippen LogP contribution in [0.15, 0.2) is 34.7 Å². The van der Waals surface area contributed by atoms with E-state index in [1.165, 1.54) is 12.5 Å². The summed E-state index contributed by atoms with van der Waals surface area (Å²) in [5.41, 5.74) is 2.08. The van der Waals surface area contributed by atoms with Crippen LogP contribution in [0, 0.1) is 0 Å². The number of fused-ring (bicyclic) bond motifs is 1. The van der Waals surface area contributed by atoms with Crippen LogP contribution in [0.1, 0.15) is 29.8 Å². The predicted octanol–water partition coefficient (Wildman–Crippen LogP) is 1.48. The number of nitrogens with zero attached hydrogens (tertiary/aromatic N) is 2. The maximum Gasteiger partial charge on any atom is 0.242 e. The van der Waals surface area contributed by atoms with Crippen LogP contribution in [0.5, 0.6) is 0 Å². The van der Waals surface area contributed by atoms with Crippen molar-refractivity contribution in [1.82, 2.24) is 15.2 Å². The van der Waals surface area contributed by atoms with Crippen LogP contribution in [-0.4, -0.2) is 34.8 Å². The minimum absolute atomic E-state index is 0.0311. The number of hydrogen-bond donors (Lipinski definition) is 1. The van der Waals surface area contributed by atoms with Gasteiger partial charge in [0.25, 0.3) is 0 Å². The smallest absolute Gasteiger partial charge is 0.242 e. The Morgan fingerprint density at radius 2 is 2.04 bits per heavy atom. The van der Waals surface area contributed by atoms with Crippen molar-refractivity contribution in [3.05, 3.63) is 53.2 Å². The molecule has 1 N–H and O–H groups in total. The molecule has 24 heavy (non-hydrogen) atoms. The highest BCUT2D eigenvalue weighted by Gasteiger charge is 2.25. The second kappa shape index (κ2) is 7.29. The topological polar surface area (TPSA) is 75.4 Å². The molecule has 1 aliphatic heterocycles. The molecule has 3 rings (SSSR count). The van der Waals surface area contributed by atoms with Crippen molar-refractivity contribution in [2.24, 2.45) is 0 Å². The molecule has 0 radical (unpaired) electrons. The molecule has 0 fully saturated rings. The molecule has 0 aliphatic carbocycles. The fourth-order valence-corrected chi connectivity index (χ4v) is 2.78. The molecule has 0 saturated heterocycles. The molecular formula is C18H21N3O3. The number of carbonyl (C=O) groups is 2. The lowest BCUT2D eigenvalue weighted by atomic mass is 10.1. The lowest BCUT2D eigenvalue weighted by Gasteiger charge is -2.25. The number of rotatable bonds is 5. The van der Waals surface area contributed by atoms with Gasteiger partial charge in [-0.3, -0.25) is 9.59 Å². The summed E-state index contributed by atoms with van der Waals surface area (Å²) < 4.78 is 5.84. The van der Waals surface area contributed by atoms with E-state index in [9.17, 15) is 9.59 Å². The molecule has 2 heterocycles. The zero-order valence-electron chi connectivity index (χ0n) is 13.7. The summed E-state index contributed by atoms with van der Waals surface area (Å²) in [6.45, 7) is 2.48. The predicted molar refractivity (Wildman–Crippen MR) is 88.2 cm³/mol. The van der Waals surface area contributed by atoms with Crippen LogP contribution in [-0.2, 0) is 35.4 Å². The maximum absolute atomic E-state index is 12.1. The van der Waals surface area contributed by atoms with E-state index in [0.717, 1.165) is 30.2 Å². The quantitative estimate of drug-likeness (QED) is 0.902. The summed E-state index contributed by atoms with van der Waals surface area (Å²) in [5, 5.41) is 2.54. The lowest BCUT2D eigenvalue weighted by Crippen LogP contribution is -2.42. The van der Waals surface area contributed by atoms with Gasteiger partial charge in [-0.2, -0.15) is 0 Å². The van der Waals surface area contributed by atoms with Crippen molar-refractivity contribution in [1.29, 1.82) is 0 Å².